The minimum Gasteiger partial charge on any atom is -0.369 e. The van der Waals surface area contributed by atoms with Crippen molar-refractivity contribution in [1.82, 2.24) is 20.4 Å². The number of nitrogens with zero attached hydrogens (tertiary/aromatic N) is 4. The molecule has 8 heteroatoms. The van der Waals surface area contributed by atoms with Gasteiger partial charge in [0.15, 0.2) is 0 Å². The molecule has 1 aromatic heterocycles. The zero-order valence-corrected chi connectivity index (χ0v) is 18.6. The summed E-state index contributed by atoms with van der Waals surface area (Å²) in [6.45, 7) is 9.18. The summed E-state index contributed by atoms with van der Waals surface area (Å²) < 4.78 is 13.0. The molecule has 3 aromatic rings. The first-order valence-electron chi connectivity index (χ1n) is 10.4. The Labute approximate surface area is 185 Å². The number of rotatable bonds is 6. The Kier molecular flexibility index (Phi) is 6.58. The average molecular weight is 440 g/mol. The second kappa shape index (κ2) is 9.53. The number of hydrogen-bond donors (Lipinski definition) is 1. The van der Waals surface area contributed by atoms with Crippen molar-refractivity contribution in [2.24, 2.45) is 0 Å². The van der Waals surface area contributed by atoms with Crippen LogP contribution in [0.1, 0.15) is 31.5 Å². The number of benzene rings is 2. The van der Waals surface area contributed by atoms with Crippen LogP contribution in [-0.2, 0) is 13.1 Å². The van der Waals surface area contributed by atoms with Gasteiger partial charge in [-0.1, -0.05) is 35.6 Å². The van der Waals surface area contributed by atoms with Crippen molar-refractivity contribution in [3.8, 4) is 0 Å². The molecule has 0 aliphatic carbocycles. The lowest BCUT2D eigenvalue weighted by molar-refractivity contribution is 0.0950. The van der Waals surface area contributed by atoms with Crippen LogP contribution in [-0.4, -0.2) is 47.2 Å². The van der Waals surface area contributed by atoms with E-state index in [1.165, 1.54) is 40.3 Å². The summed E-state index contributed by atoms with van der Waals surface area (Å²) in [5.74, 6) is -0.550. The summed E-state index contributed by atoms with van der Waals surface area (Å²) in [5, 5.41) is 12.3. The molecule has 0 radical (unpaired) electrons. The van der Waals surface area contributed by atoms with Crippen LogP contribution >= 0.6 is 11.3 Å². The molecule has 2 heterocycles. The van der Waals surface area contributed by atoms with Crippen LogP contribution in [0.25, 0.3) is 0 Å². The zero-order chi connectivity index (χ0) is 21.8. The molecule has 162 valence electrons. The van der Waals surface area contributed by atoms with E-state index in [0.717, 1.165) is 36.8 Å². The maximum atomic E-state index is 13.0. The molecule has 1 aliphatic rings. The Bertz CT molecular complexity index is 1040. The van der Waals surface area contributed by atoms with Crippen LogP contribution in [0.4, 0.5) is 10.1 Å². The Morgan fingerprint density at radius 2 is 1.81 bits per heavy atom. The number of amides is 1. The lowest BCUT2D eigenvalue weighted by Gasteiger charge is -2.36. The van der Waals surface area contributed by atoms with E-state index in [0.29, 0.717) is 18.1 Å². The molecule has 6 nitrogen and oxygen atoms in total. The van der Waals surface area contributed by atoms with Crippen LogP contribution in [0.5, 0.6) is 0 Å². The van der Waals surface area contributed by atoms with Gasteiger partial charge in [-0.25, -0.2) is 4.39 Å². The molecule has 0 unspecified atom stereocenters. The van der Waals surface area contributed by atoms with E-state index in [1.807, 2.05) is 0 Å². The fraction of sp³-hybridized carbons (Fsp3) is 0.348. The summed E-state index contributed by atoms with van der Waals surface area (Å²) in [7, 11) is 0. The van der Waals surface area contributed by atoms with Crippen molar-refractivity contribution in [2.75, 3.05) is 31.1 Å². The summed E-state index contributed by atoms with van der Waals surface area (Å²) >= 11 is 1.32. The third-order valence-electron chi connectivity index (χ3n) is 5.68. The van der Waals surface area contributed by atoms with Crippen LogP contribution in [0.2, 0.25) is 0 Å². The van der Waals surface area contributed by atoms with Gasteiger partial charge in [0, 0.05) is 38.4 Å². The number of halogens is 1. The topological polar surface area (TPSA) is 61.4 Å². The van der Waals surface area contributed by atoms with Gasteiger partial charge in [0.2, 0.25) is 5.01 Å². The van der Waals surface area contributed by atoms with Crippen molar-refractivity contribution in [3.63, 3.8) is 0 Å². The Hall–Kier alpha value is -2.84. The van der Waals surface area contributed by atoms with Crippen molar-refractivity contribution < 1.29 is 9.18 Å². The van der Waals surface area contributed by atoms with Gasteiger partial charge in [-0.15, -0.1) is 10.2 Å². The first-order chi connectivity index (χ1) is 15.0. The minimum absolute atomic E-state index is 0.257. The molecule has 4 rings (SSSR count). The molecular formula is C23H26FN5OS. The van der Waals surface area contributed by atoms with Gasteiger partial charge in [-0.2, -0.15) is 0 Å². The summed E-state index contributed by atoms with van der Waals surface area (Å²) in [6, 6.07) is 12.5. The van der Waals surface area contributed by atoms with Crippen molar-refractivity contribution in [1.29, 1.82) is 0 Å². The van der Waals surface area contributed by atoms with E-state index in [1.54, 1.807) is 12.1 Å². The van der Waals surface area contributed by atoms with E-state index in [2.05, 4.69) is 57.4 Å². The molecule has 1 aliphatic heterocycles. The molecule has 1 fully saturated rings. The standard InChI is InChI=1S/C23H26FN5OS/c1-16-4-3-5-20(17(16)2)29-12-10-28(11-13-29)15-21-26-27-23(31-21)22(30)25-14-18-6-8-19(24)9-7-18/h3-9H,10-15H2,1-2H3,(H,25,30). The maximum Gasteiger partial charge on any atom is 0.282 e. The van der Waals surface area contributed by atoms with Crippen molar-refractivity contribution in [2.45, 2.75) is 26.9 Å². The fourth-order valence-electron chi connectivity index (χ4n) is 3.69. The van der Waals surface area contributed by atoms with Gasteiger partial charge in [0.25, 0.3) is 5.91 Å². The predicted molar refractivity (Wildman–Crippen MR) is 121 cm³/mol. The lowest BCUT2D eigenvalue weighted by Crippen LogP contribution is -2.46. The molecule has 0 bridgehead atoms. The summed E-state index contributed by atoms with van der Waals surface area (Å²) in [5.41, 5.74) is 4.81. The van der Waals surface area contributed by atoms with Crippen molar-refractivity contribution >= 4 is 22.9 Å². The fourth-order valence-corrected chi connectivity index (χ4v) is 4.48. The Morgan fingerprint density at radius 1 is 1.06 bits per heavy atom. The normalized spacial score (nSPS) is 14.6. The van der Waals surface area contributed by atoms with E-state index in [4.69, 9.17) is 0 Å². The second-order valence-corrected chi connectivity index (χ2v) is 8.85. The monoisotopic (exact) mass is 439 g/mol. The minimum atomic E-state index is -0.293. The van der Waals surface area contributed by atoms with Gasteiger partial charge >= 0.3 is 0 Å². The Morgan fingerprint density at radius 3 is 2.55 bits per heavy atom. The van der Waals surface area contributed by atoms with Crippen LogP contribution in [0, 0.1) is 19.7 Å². The highest BCUT2D eigenvalue weighted by Crippen LogP contribution is 2.24. The largest absolute Gasteiger partial charge is 0.369 e. The zero-order valence-electron chi connectivity index (χ0n) is 17.8. The quantitative estimate of drug-likeness (QED) is 0.637. The third kappa shape index (κ3) is 5.26. The number of aromatic nitrogens is 2. The van der Waals surface area contributed by atoms with Gasteiger partial charge in [0.05, 0.1) is 6.54 Å². The van der Waals surface area contributed by atoms with Gasteiger partial charge in [-0.3, -0.25) is 9.69 Å². The van der Waals surface area contributed by atoms with E-state index < -0.39 is 0 Å². The van der Waals surface area contributed by atoms with Crippen LogP contribution in [0.3, 0.4) is 0 Å². The second-order valence-electron chi connectivity index (χ2n) is 7.79. The van der Waals surface area contributed by atoms with E-state index in [-0.39, 0.29) is 11.7 Å². The SMILES string of the molecule is Cc1cccc(N2CCN(Cc3nnc(C(=O)NCc4ccc(F)cc4)s3)CC2)c1C. The molecule has 1 N–H and O–H groups in total. The van der Waals surface area contributed by atoms with Crippen LogP contribution in [0.15, 0.2) is 42.5 Å². The number of piperazine rings is 1. The smallest absolute Gasteiger partial charge is 0.282 e. The Balaban J connectivity index is 1.28. The molecule has 0 atom stereocenters. The summed E-state index contributed by atoms with van der Waals surface area (Å²) in [4.78, 5) is 17.1. The number of aryl methyl sites for hydroxylation is 1. The number of hydrogen-bond acceptors (Lipinski definition) is 6. The lowest BCUT2D eigenvalue weighted by atomic mass is 10.1. The molecule has 1 amide bonds. The van der Waals surface area contributed by atoms with Crippen molar-refractivity contribution in [3.05, 3.63) is 75.0 Å². The van der Waals surface area contributed by atoms with Gasteiger partial charge in [-0.05, 0) is 48.7 Å². The molecule has 1 saturated heterocycles. The average Bonchev–Trinajstić information content (AvgIpc) is 3.24. The molecular weight excluding hydrogens is 413 g/mol. The van der Waals surface area contributed by atoms with Gasteiger partial charge in [0.1, 0.15) is 10.8 Å². The number of nitrogens with one attached hydrogen (secondary N) is 1. The predicted octanol–water partition coefficient (Wildman–Crippen LogP) is 3.55. The first-order valence-corrected chi connectivity index (χ1v) is 11.2. The molecule has 0 saturated carbocycles. The highest BCUT2D eigenvalue weighted by molar-refractivity contribution is 7.13. The third-order valence-corrected chi connectivity index (χ3v) is 6.58. The first kappa shape index (κ1) is 21.4. The van der Waals surface area contributed by atoms with Crippen LogP contribution < -0.4 is 10.2 Å². The number of carbonyl (C=O) groups is 1. The highest BCUT2D eigenvalue weighted by atomic mass is 32.1. The number of anilines is 1. The highest BCUT2D eigenvalue weighted by Gasteiger charge is 2.21. The molecule has 0 spiro atoms. The molecule has 2 aromatic carbocycles. The molecule has 31 heavy (non-hydrogen) atoms. The van der Waals surface area contributed by atoms with E-state index >= 15 is 0 Å². The summed E-state index contributed by atoms with van der Waals surface area (Å²) in [6.07, 6.45) is 0. The maximum absolute atomic E-state index is 13.0. The van der Waals surface area contributed by atoms with E-state index in [9.17, 15) is 9.18 Å². The van der Waals surface area contributed by atoms with Gasteiger partial charge < -0.3 is 10.2 Å². The number of carbonyl (C=O) groups excluding carboxylic acids is 1.